The van der Waals surface area contributed by atoms with E-state index in [1.54, 1.807) is 23.4 Å². The van der Waals surface area contributed by atoms with Gasteiger partial charge in [-0.3, -0.25) is 9.78 Å². The molecule has 0 radical (unpaired) electrons. The van der Waals surface area contributed by atoms with Crippen molar-refractivity contribution >= 4 is 11.6 Å². The first-order chi connectivity index (χ1) is 10.2. The molecule has 1 saturated carbocycles. The van der Waals surface area contributed by atoms with Crippen molar-refractivity contribution in [2.45, 2.75) is 26.2 Å². The van der Waals surface area contributed by atoms with Gasteiger partial charge in [-0.25, -0.2) is 0 Å². The molecule has 1 aliphatic rings. The lowest BCUT2D eigenvalue weighted by Crippen LogP contribution is -2.31. The Morgan fingerprint density at radius 3 is 3.05 bits per heavy atom. The maximum absolute atomic E-state index is 12.5. The average molecular weight is 291 g/mol. The fraction of sp³-hybridized carbons (Fsp3) is 0.625. The van der Waals surface area contributed by atoms with E-state index >= 15 is 0 Å². The van der Waals surface area contributed by atoms with E-state index in [2.05, 4.69) is 17.2 Å². The molecule has 5 nitrogen and oxygen atoms in total. The molecule has 0 bridgehead atoms. The first-order valence-electron chi connectivity index (χ1n) is 7.73. The predicted molar refractivity (Wildman–Crippen MR) is 83.5 cm³/mol. The quantitative estimate of drug-likeness (QED) is 0.710. The van der Waals surface area contributed by atoms with Gasteiger partial charge in [0.15, 0.2) is 0 Å². The summed E-state index contributed by atoms with van der Waals surface area (Å²) >= 11 is 0. The smallest absolute Gasteiger partial charge is 0.255 e. The van der Waals surface area contributed by atoms with Crippen LogP contribution in [0.2, 0.25) is 0 Å². The van der Waals surface area contributed by atoms with Crippen LogP contribution in [0.15, 0.2) is 18.5 Å². The van der Waals surface area contributed by atoms with Gasteiger partial charge in [-0.15, -0.1) is 0 Å². The summed E-state index contributed by atoms with van der Waals surface area (Å²) in [5.41, 5.74) is 1.47. The van der Waals surface area contributed by atoms with Gasteiger partial charge in [0, 0.05) is 32.9 Å². The number of amides is 1. The lowest BCUT2D eigenvalue weighted by molar-refractivity contribution is 0.0682. The number of nitrogens with zero attached hydrogens (tertiary/aromatic N) is 2. The summed E-state index contributed by atoms with van der Waals surface area (Å²) in [7, 11) is 1.81. The van der Waals surface area contributed by atoms with E-state index in [0.29, 0.717) is 18.7 Å². The van der Waals surface area contributed by atoms with Crippen molar-refractivity contribution < 1.29 is 9.53 Å². The van der Waals surface area contributed by atoms with Gasteiger partial charge >= 0.3 is 0 Å². The van der Waals surface area contributed by atoms with E-state index in [1.807, 2.05) is 7.05 Å². The Bertz CT molecular complexity index is 461. The van der Waals surface area contributed by atoms with Crippen molar-refractivity contribution in [3.63, 3.8) is 0 Å². The second-order valence-electron chi connectivity index (χ2n) is 5.59. The molecule has 0 saturated heterocycles. The Labute approximate surface area is 126 Å². The zero-order valence-electron chi connectivity index (χ0n) is 13.0. The summed E-state index contributed by atoms with van der Waals surface area (Å²) in [5.74, 6) is 0.766. The molecule has 1 aromatic heterocycles. The summed E-state index contributed by atoms with van der Waals surface area (Å²) in [6, 6.07) is 1.77. The molecular formula is C16H25N3O2. The van der Waals surface area contributed by atoms with Crippen LogP contribution in [0.3, 0.4) is 0 Å². The molecule has 0 aliphatic heterocycles. The van der Waals surface area contributed by atoms with Crippen molar-refractivity contribution in [3.05, 3.63) is 24.0 Å². The second-order valence-corrected chi connectivity index (χ2v) is 5.59. The van der Waals surface area contributed by atoms with Gasteiger partial charge in [-0.2, -0.15) is 0 Å². The maximum atomic E-state index is 12.5. The minimum absolute atomic E-state index is 0.00558. The number of pyridine rings is 1. The minimum Gasteiger partial charge on any atom is -0.383 e. The highest BCUT2D eigenvalue weighted by atomic mass is 16.5. The fourth-order valence-corrected chi connectivity index (χ4v) is 2.02. The van der Waals surface area contributed by atoms with Crippen LogP contribution < -0.4 is 5.32 Å². The van der Waals surface area contributed by atoms with Gasteiger partial charge in [0.2, 0.25) is 0 Å². The Morgan fingerprint density at radius 1 is 1.52 bits per heavy atom. The monoisotopic (exact) mass is 291 g/mol. The number of likely N-dealkylation sites (N-methyl/N-ethyl adjacent to an activating group) is 1. The largest absolute Gasteiger partial charge is 0.383 e. The van der Waals surface area contributed by atoms with Gasteiger partial charge in [0.25, 0.3) is 5.91 Å². The number of anilines is 1. The molecule has 1 heterocycles. The summed E-state index contributed by atoms with van der Waals surface area (Å²) < 4.78 is 5.59. The molecule has 116 valence electrons. The number of hydrogen-bond acceptors (Lipinski definition) is 4. The van der Waals surface area contributed by atoms with Crippen LogP contribution in [-0.4, -0.2) is 49.1 Å². The van der Waals surface area contributed by atoms with Crippen LogP contribution in [0.25, 0.3) is 0 Å². The Balaban J connectivity index is 1.84. The number of carbonyl (C=O) groups is 1. The average Bonchev–Trinajstić information content (AvgIpc) is 3.33. The van der Waals surface area contributed by atoms with Crippen LogP contribution in [-0.2, 0) is 4.74 Å². The number of ether oxygens (including phenoxy) is 1. The van der Waals surface area contributed by atoms with Gasteiger partial charge in [-0.05, 0) is 31.2 Å². The van der Waals surface area contributed by atoms with Gasteiger partial charge in [0.05, 0.1) is 24.1 Å². The molecule has 1 aromatic rings. The Hall–Kier alpha value is -1.62. The topological polar surface area (TPSA) is 54.5 Å². The zero-order chi connectivity index (χ0) is 15.1. The van der Waals surface area contributed by atoms with Crippen molar-refractivity contribution in [2.24, 2.45) is 5.92 Å². The third-order valence-electron chi connectivity index (χ3n) is 3.59. The third-order valence-corrected chi connectivity index (χ3v) is 3.59. The maximum Gasteiger partial charge on any atom is 0.255 e. The highest BCUT2D eigenvalue weighted by Gasteiger charge is 2.21. The first-order valence-corrected chi connectivity index (χ1v) is 7.73. The van der Waals surface area contributed by atoms with Crippen molar-refractivity contribution in [2.75, 3.05) is 38.7 Å². The molecule has 0 aromatic carbocycles. The molecule has 21 heavy (non-hydrogen) atoms. The third kappa shape index (κ3) is 5.01. The molecule has 2 rings (SSSR count). The Morgan fingerprint density at radius 2 is 2.33 bits per heavy atom. The van der Waals surface area contributed by atoms with E-state index in [9.17, 15) is 4.79 Å². The van der Waals surface area contributed by atoms with Crippen LogP contribution in [0.1, 0.15) is 36.5 Å². The summed E-state index contributed by atoms with van der Waals surface area (Å²) in [6.45, 7) is 4.97. The lowest BCUT2D eigenvalue weighted by Gasteiger charge is -2.19. The molecule has 0 unspecified atom stereocenters. The molecule has 5 heteroatoms. The number of hydrogen-bond donors (Lipinski definition) is 1. The summed E-state index contributed by atoms with van der Waals surface area (Å²) in [6.07, 6.45) is 6.95. The standard InChI is InChI=1S/C16H25N3O2/c1-3-7-18-15-11-17-8-6-14(15)16(20)19(2)9-10-21-12-13-4-5-13/h6,8,11,13,18H,3-5,7,9-10,12H2,1-2H3. The molecule has 0 atom stereocenters. The van der Waals surface area contributed by atoms with Crippen LogP contribution in [0.5, 0.6) is 0 Å². The van der Waals surface area contributed by atoms with Crippen LogP contribution in [0.4, 0.5) is 5.69 Å². The SMILES string of the molecule is CCCNc1cnccc1C(=O)N(C)CCOCC1CC1. The number of aromatic nitrogens is 1. The zero-order valence-corrected chi connectivity index (χ0v) is 13.0. The highest BCUT2D eigenvalue weighted by molar-refractivity contribution is 5.99. The van der Waals surface area contributed by atoms with Crippen molar-refractivity contribution in [1.82, 2.24) is 9.88 Å². The molecule has 0 spiro atoms. The first kappa shape index (κ1) is 15.8. The number of carbonyl (C=O) groups excluding carboxylic acids is 1. The molecule has 1 amide bonds. The summed E-state index contributed by atoms with van der Waals surface area (Å²) in [5, 5.41) is 3.25. The van der Waals surface area contributed by atoms with Crippen LogP contribution in [0, 0.1) is 5.92 Å². The van der Waals surface area contributed by atoms with Crippen LogP contribution >= 0.6 is 0 Å². The fourth-order valence-electron chi connectivity index (χ4n) is 2.02. The minimum atomic E-state index is 0.00558. The summed E-state index contributed by atoms with van der Waals surface area (Å²) in [4.78, 5) is 18.3. The van der Waals surface area contributed by atoms with E-state index in [1.165, 1.54) is 12.8 Å². The van der Waals surface area contributed by atoms with E-state index < -0.39 is 0 Å². The highest BCUT2D eigenvalue weighted by Crippen LogP contribution is 2.28. The van der Waals surface area contributed by atoms with Gasteiger partial charge in [-0.1, -0.05) is 6.92 Å². The van der Waals surface area contributed by atoms with E-state index in [4.69, 9.17) is 4.74 Å². The molecule has 1 aliphatic carbocycles. The van der Waals surface area contributed by atoms with Gasteiger partial charge < -0.3 is 15.0 Å². The predicted octanol–water partition coefficient (Wildman–Crippen LogP) is 2.40. The molecule has 1 fully saturated rings. The van der Waals surface area contributed by atoms with Crippen molar-refractivity contribution in [3.8, 4) is 0 Å². The second kappa shape index (κ2) is 7.98. The number of rotatable bonds is 9. The van der Waals surface area contributed by atoms with Gasteiger partial charge in [0.1, 0.15) is 0 Å². The van der Waals surface area contributed by atoms with E-state index in [0.717, 1.165) is 31.2 Å². The number of nitrogens with one attached hydrogen (secondary N) is 1. The lowest BCUT2D eigenvalue weighted by atomic mass is 10.2. The van der Waals surface area contributed by atoms with Crippen molar-refractivity contribution in [1.29, 1.82) is 0 Å². The Kier molecular flexibility index (Phi) is 5.99. The molecule has 1 N–H and O–H groups in total. The van der Waals surface area contributed by atoms with E-state index in [-0.39, 0.29) is 5.91 Å². The normalized spacial score (nSPS) is 14.0. The molecular weight excluding hydrogens is 266 g/mol.